The molecule has 168 valence electrons. The molecule has 1 heterocycles. The third-order valence-corrected chi connectivity index (χ3v) is 7.86. The number of hydrogen-bond donors (Lipinski definition) is 1. The average molecular weight is 485 g/mol. The Labute approximate surface area is 193 Å². The lowest BCUT2D eigenvalue weighted by atomic mass is 9.98. The van der Waals surface area contributed by atoms with Gasteiger partial charge in [-0.25, -0.2) is 12.7 Å². The van der Waals surface area contributed by atoms with Crippen LogP contribution in [0.15, 0.2) is 42.5 Å². The lowest BCUT2D eigenvalue weighted by Gasteiger charge is -2.32. The van der Waals surface area contributed by atoms with Gasteiger partial charge in [-0.3, -0.25) is 4.79 Å². The number of amides is 1. The molecule has 1 fully saturated rings. The van der Waals surface area contributed by atoms with E-state index in [1.54, 1.807) is 19.2 Å². The Bertz CT molecular complexity index is 1030. The monoisotopic (exact) mass is 484 g/mol. The number of carbonyl (C=O) groups is 1. The van der Waals surface area contributed by atoms with Crippen LogP contribution in [0.2, 0.25) is 10.0 Å². The second kappa shape index (κ2) is 10.2. The van der Waals surface area contributed by atoms with Crippen LogP contribution < -0.4 is 10.1 Å². The summed E-state index contributed by atoms with van der Waals surface area (Å²) >= 11 is 12.0. The van der Waals surface area contributed by atoms with E-state index in [0.29, 0.717) is 35.0 Å². The molecule has 0 radical (unpaired) electrons. The van der Waals surface area contributed by atoms with Gasteiger partial charge < -0.3 is 10.1 Å². The summed E-state index contributed by atoms with van der Waals surface area (Å²) in [5.41, 5.74) is 1.44. The van der Waals surface area contributed by atoms with E-state index in [2.05, 4.69) is 5.32 Å². The zero-order valence-corrected chi connectivity index (χ0v) is 19.8. The highest BCUT2D eigenvalue weighted by molar-refractivity contribution is 7.88. The maximum atomic E-state index is 13.0. The van der Waals surface area contributed by atoms with Crippen LogP contribution in [0.3, 0.4) is 0 Å². The highest BCUT2D eigenvalue weighted by Gasteiger charge is 2.33. The molecule has 31 heavy (non-hydrogen) atoms. The number of carbonyl (C=O) groups excluding carboxylic acids is 1. The van der Waals surface area contributed by atoms with E-state index in [1.165, 1.54) is 10.4 Å². The van der Waals surface area contributed by atoms with Crippen molar-refractivity contribution < 1.29 is 17.9 Å². The maximum absolute atomic E-state index is 13.0. The van der Waals surface area contributed by atoms with Crippen LogP contribution in [0.1, 0.15) is 36.9 Å². The molecular formula is C22H26Cl2N2O4S. The van der Waals surface area contributed by atoms with Crippen LogP contribution in [0, 0.1) is 5.92 Å². The first-order valence-corrected chi connectivity index (χ1v) is 12.4. The highest BCUT2D eigenvalue weighted by atomic mass is 35.5. The van der Waals surface area contributed by atoms with Crippen LogP contribution >= 0.6 is 23.2 Å². The minimum atomic E-state index is -3.61. The van der Waals surface area contributed by atoms with Gasteiger partial charge in [-0.1, -0.05) is 41.4 Å². The molecule has 1 amide bonds. The fourth-order valence-corrected chi connectivity index (χ4v) is 5.84. The normalized spacial score (nSPS) is 18.4. The van der Waals surface area contributed by atoms with Crippen molar-refractivity contribution in [2.75, 3.05) is 20.2 Å². The Kier molecular flexibility index (Phi) is 7.86. The molecule has 2 aromatic carbocycles. The first kappa shape index (κ1) is 23.9. The van der Waals surface area contributed by atoms with Crippen molar-refractivity contribution in [1.82, 2.24) is 9.62 Å². The Morgan fingerprint density at radius 3 is 2.58 bits per heavy atom. The van der Waals surface area contributed by atoms with Crippen molar-refractivity contribution in [1.29, 1.82) is 0 Å². The lowest BCUT2D eigenvalue weighted by Crippen LogP contribution is -2.46. The van der Waals surface area contributed by atoms with Crippen LogP contribution in [-0.2, 0) is 20.6 Å². The minimum absolute atomic E-state index is 0.146. The molecule has 1 aliphatic rings. The van der Waals surface area contributed by atoms with Crippen molar-refractivity contribution in [3.63, 3.8) is 0 Å². The lowest BCUT2D eigenvalue weighted by molar-refractivity contribution is -0.126. The molecule has 1 aliphatic heterocycles. The Morgan fingerprint density at radius 1 is 1.23 bits per heavy atom. The molecule has 1 N–H and O–H groups in total. The Balaban J connectivity index is 1.63. The summed E-state index contributed by atoms with van der Waals surface area (Å²) in [5, 5.41) is 3.77. The Hall–Kier alpha value is -1.80. The number of benzene rings is 2. The first-order valence-electron chi connectivity index (χ1n) is 10.1. The van der Waals surface area contributed by atoms with Crippen molar-refractivity contribution in [2.24, 2.45) is 5.92 Å². The predicted molar refractivity (Wildman–Crippen MR) is 123 cm³/mol. The number of ether oxygens (including phenoxy) is 1. The smallest absolute Gasteiger partial charge is 0.224 e. The fraction of sp³-hybridized carbons (Fsp3) is 0.409. The van der Waals surface area contributed by atoms with Gasteiger partial charge in [0, 0.05) is 23.1 Å². The molecule has 0 spiro atoms. The van der Waals surface area contributed by atoms with Crippen molar-refractivity contribution in [3.05, 3.63) is 63.6 Å². The molecule has 3 rings (SSSR count). The third-order valence-electron chi connectivity index (χ3n) is 5.48. The molecule has 0 saturated carbocycles. The standard InChI is InChI=1S/C22H26Cl2N2O4S/c1-15(16-6-9-20(30-2)10-7-16)25-22(27)17-4-3-11-26(13-17)31(28,29)14-18-5-8-19(23)12-21(18)24/h5-10,12,15,17H,3-4,11,13-14H2,1-2H3,(H,25,27)/t15-,17+/m1/s1. The highest BCUT2D eigenvalue weighted by Crippen LogP contribution is 2.27. The number of piperidine rings is 1. The molecule has 0 aromatic heterocycles. The summed E-state index contributed by atoms with van der Waals surface area (Å²) in [6.07, 6.45) is 1.28. The second-order valence-corrected chi connectivity index (χ2v) is 10.5. The van der Waals surface area contributed by atoms with Crippen molar-refractivity contribution in [3.8, 4) is 5.75 Å². The number of hydrogen-bond acceptors (Lipinski definition) is 4. The third kappa shape index (κ3) is 6.13. The Morgan fingerprint density at radius 2 is 1.94 bits per heavy atom. The van der Waals surface area contributed by atoms with Gasteiger partial charge in [-0.2, -0.15) is 0 Å². The van der Waals surface area contributed by atoms with Gasteiger partial charge in [0.1, 0.15) is 5.75 Å². The van der Waals surface area contributed by atoms with E-state index in [1.807, 2.05) is 31.2 Å². The molecular weight excluding hydrogens is 459 g/mol. The van der Waals surface area contributed by atoms with Crippen LogP contribution in [-0.4, -0.2) is 38.8 Å². The van der Waals surface area contributed by atoms with E-state index in [0.717, 1.165) is 11.3 Å². The van der Waals surface area contributed by atoms with Gasteiger partial charge in [0.25, 0.3) is 0 Å². The second-order valence-electron chi connectivity index (χ2n) is 7.69. The summed E-state index contributed by atoms with van der Waals surface area (Å²) in [6, 6.07) is 12.1. The quantitative estimate of drug-likeness (QED) is 0.630. The largest absolute Gasteiger partial charge is 0.497 e. The van der Waals surface area contributed by atoms with Crippen LogP contribution in [0.4, 0.5) is 0 Å². The predicted octanol–water partition coefficient (Wildman–Crippen LogP) is 4.42. The molecule has 9 heteroatoms. The van der Waals surface area contributed by atoms with E-state index in [9.17, 15) is 13.2 Å². The number of rotatable bonds is 7. The molecule has 6 nitrogen and oxygen atoms in total. The number of methoxy groups -OCH3 is 1. The molecule has 0 aliphatic carbocycles. The summed E-state index contributed by atoms with van der Waals surface area (Å²) in [7, 11) is -2.01. The van der Waals surface area contributed by atoms with Crippen LogP contribution in [0.5, 0.6) is 5.75 Å². The van der Waals surface area contributed by atoms with Crippen LogP contribution in [0.25, 0.3) is 0 Å². The maximum Gasteiger partial charge on any atom is 0.224 e. The van der Waals surface area contributed by atoms with Crippen molar-refractivity contribution >= 4 is 39.1 Å². The zero-order valence-electron chi connectivity index (χ0n) is 17.5. The summed E-state index contributed by atoms with van der Waals surface area (Å²) < 4.78 is 32.5. The average Bonchev–Trinajstić information content (AvgIpc) is 2.75. The number of halogens is 2. The topological polar surface area (TPSA) is 75.7 Å². The molecule has 2 atom stereocenters. The van der Waals surface area contributed by atoms with E-state index in [-0.39, 0.29) is 24.2 Å². The minimum Gasteiger partial charge on any atom is -0.497 e. The molecule has 2 aromatic rings. The SMILES string of the molecule is COc1ccc([C@@H](C)NC(=O)[C@H]2CCCN(S(=O)(=O)Cc3ccc(Cl)cc3Cl)C2)cc1. The van der Waals surface area contributed by atoms with E-state index < -0.39 is 15.9 Å². The molecule has 1 saturated heterocycles. The number of nitrogens with one attached hydrogen (secondary N) is 1. The fourth-order valence-electron chi connectivity index (χ4n) is 3.64. The van der Waals surface area contributed by atoms with E-state index in [4.69, 9.17) is 27.9 Å². The number of sulfonamides is 1. The summed E-state index contributed by atoms with van der Waals surface area (Å²) in [5.74, 6) is -0.0200. The van der Waals surface area contributed by atoms with Gasteiger partial charge in [0.05, 0.1) is 24.8 Å². The summed E-state index contributed by atoms with van der Waals surface area (Å²) in [4.78, 5) is 12.8. The van der Waals surface area contributed by atoms with E-state index >= 15 is 0 Å². The van der Waals surface area contributed by atoms with Gasteiger partial charge in [-0.15, -0.1) is 0 Å². The molecule has 0 bridgehead atoms. The summed E-state index contributed by atoms with van der Waals surface area (Å²) in [6.45, 7) is 2.46. The first-order chi connectivity index (χ1) is 14.7. The van der Waals surface area contributed by atoms with Crippen molar-refractivity contribution in [2.45, 2.75) is 31.6 Å². The zero-order chi connectivity index (χ0) is 22.6. The van der Waals surface area contributed by atoms with Gasteiger partial charge in [0.15, 0.2) is 0 Å². The molecule has 0 unspecified atom stereocenters. The van der Waals surface area contributed by atoms with Gasteiger partial charge in [0.2, 0.25) is 15.9 Å². The van der Waals surface area contributed by atoms with Gasteiger partial charge >= 0.3 is 0 Å². The number of nitrogens with zero attached hydrogens (tertiary/aromatic N) is 1. The van der Waals surface area contributed by atoms with Gasteiger partial charge in [-0.05, 0) is 55.2 Å².